The van der Waals surface area contributed by atoms with Gasteiger partial charge in [-0.25, -0.2) is 0 Å². The molecule has 1 unspecified atom stereocenters. The van der Waals surface area contributed by atoms with Gasteiger partial charge >= 0.3 is 0 Å². The Morgan fingerprint density at radius 3 is 2.69 bits per heavy atom. The van der Waals surface area contributed by atoms with Crippen LogP contribution in [-0.4, -0.2) is 6.54 Å². The van der Waals surface area contributed by atoms with Crippen LogP contribution < -0.4 is 5.32 Å². The molecule has 0 aliphatic rings. The van der Waals surface area contributed by atoms with Gasteiger partial charge in [0.1, 0.15) is 6.04 Å². The lowest BCUT2D eigenvalue weighted by molar-refractivity contribution is 0.662. The predicted octanol–water partition coefficient (Wildman–Crippen LogP) is 3.01. The molecule has 1 N–H and O–H groups in total. The Morgan fingerprint density at radius 2 is 1.94 bits per heavy atom. The largest absolute Gasteiger partial charge is 0.298 e. The zero-order valence-corrected chi connectivity index (χ0v) is 9.27. The van der Waals surface area contributed by atoms with Gasteiger partial charge in [0.25, 0.3) is 0 Å². The number of nitrogens with zero attached hydrogens (tertiary/aromatic N) is 1. The second-order valence-corrected chi connectivity index (χ2v) is 3.69. The van der Waals surface area contributed by atoms with Crippen molar-refractivity contribution in [1.29, 1.82) is 5.26 Å². The zero-order valence-electron chi connectivity index (χ0n) is 9.27. The molecule has 0 heterocycles. The van der Waals surface area contributed by atoms with Gasteiger partial charge < -0.3 is 0 Å². The molecule has 2 rings (SSSR count). The molecule has 0 aromatic heterocycles. The third kappa shape index (κ3) is 1.91. The monoisotopic (exact) mass is 210 g/mol. The third-order valence-electron chi connectivity index (χ3n) is 2.67. The summed E-state index contributed by atoms with van der Waals surface area (Å²) in [5.74, 6) is 0. The van der Waals surface area contributed by atoms with E-state index in [4.69, 9.17) is 5.26 Å². The van der Waals surface area contributed by atoms with E-state index >= 15 is 0 Å². The first-order chi connectivity index (χ1) is 7.86. The molecule has 0 fully saturated rings. The molecule has 0 spiro atoms. The number of nitriles is 1. The van der Waals surface area contributed by atoms with E-state index in [2.05, 4.69) is 29.6 Å². The highest BCUT2D eigenvalue weighted by Crippen LogP contribution is 2.23. The summed E-state index contributed by atoms with van der Waals surface area (Å²) >= 11 is 0. The summed E-state index contributed by atoms with van der Waals surface area (Å²) in [6.45, 7) is 2.80. The first-order valence-electron chi connectivity index (χ1n) is 5.47. The summed E-state index contributed by atoms with van der Waals surface area (Å²) in [6, 6.07) is 16.3. The van der Waals surface area contributed by atoms with Crippen molar-refractivity contribution in [2.45, 2.75) is 13.0 Å². The Kier molecular flexibility index (Phi) is 3.19. The second-order valence-electron chi connectivity index (χ2n) is 3.69. The van der Waals surface area contributed by atoms with Crippen molar-refractivity contribution >= 4 is 10.8 Å². The van der Waals surface area contributed by atoms with Gasteiger partial charge in [0, 0.05) is 0 Å². The lowest BCUT2D eigenvalue weighted by Crippen LogP contribution is -2.19. The lowest BCUT2D eigenvalue weighted by Gasteiger charge is -2.12. The van der Waals surface area contributed by atoms with Crippen LogP contribution in [0.5, 0.6) is 0 Å². The van der Waals surface area contributed by atoms with Gasteiger partial charge in [-0.3, -0.25) is 5.32 Å². The maximum absolute atomic E-state index is 9.16. The molecule has 2 aromatic rings. The van der Waals surface area contributed by atoms with Crippen LogP contribution in [0.15, 0.2) is 42.5 Å². The highest BCUT2D eigenvalue weighted by Gasteiger charge is 2.11. The van der Waals surface area contributed by atoms with Gasteiger partial charge in [-0.2, -0.15) is 5.26 Å². The minimum Gasteiger partial charge on any atom is -0.298 e. The van der Waals surface area contributed by atoms with E-state index in [0.717, 1.165) is 17.5 Å². The third-order valence-corrected chi connectivity index (χ3v) is 2.67. The molecule has 0 bridgehead atoms. The van der Waals surface area contributed by atoms with E-state index in [-0.39, 0.29) is 6.04 Å². The predicted molar refractivity (Wildman–Crippen MR) is 66.0 cm³/mol. The van der Waals surface area contributed by atoms with Crippen molar-refractivity contribution in [1.82, 2.24) is 5.32 Å². The van der Waals surface area contributed by atoms with Crippen molar-refractivity contribution < 1.29 is 0 Å². The molecule has 0 amide bonds. The molecule has 80 valence electrons. The van der Waals surface area contributed by atoms with Crippen molar-refractivity contribution in [2.75, 3.05) is 6.54 Å². The molecule has 2 aromatic carbocycles. The van der Waals surface area contributed by atoms with E-state index in [0.29, 0.717) is 0 Å². The maximum atomic E-state index is 9.16. The van der Waals surface area contributed by atoms with Gasteiger partial charge in [-0.1, -0.05) is 49.4 Å². The first-order valence-corrected chi connectivity index (χ1v) is 5.47. The molecule has 0 saturated carbocycles. The molecule has 16 heavy (non-hydrogen) atoms. The molecule has 0 aliphatic carbocycles. The summed E-state index contributed by atoms with van der Waals surface area (Å²) in [6.07, 6.45) is 0. The number of hydrogen-bond acceptors (Lipinski definition) is 2. The van der Waals surface area contributed by atoms with Crippen LogP contribution in [0, 0.1) is 11.3 Å². The minimum atomic E-state index is -0.226. The van der Waals surface area contributed by atoms with Crippen LogP contribution in [0.4, 0.5) is 0 Å². The minimum absolute atomic E-state index is 0.226. The number of hydrogen-bond donors (Lipinski definition) is 1. The Hall–Kier alpha value is -1.85. The summed E-state index contributed by atoms with van der Waals surface area (Å²) in [4.78, 5) is 0. The Labute approximate surface area is 95.5 Å². The molecule has 0 radical (unpaired) electrons. The van der Waals surface area contributed by atoms with Crippen LogP contribution in [-0.2, 0) is 0 Å². The SMILES string of the molecule is CCNC(C#N)c1cccc2ccccc12. The molecule has 2 heteroatoms. The average molecular weight is 210 g/mol. The van der Waals surface area contributed by atoms with E-state index in [1.165, 1.54) is 5.39 Å². The Morgan fingerprint density at radius 1 is 1.19 bits per heavy atom. The Bertz CT molecular complexity index is 520. The number of nitrogens with one attached hydrogen (secondary N) is 1. The Balaban J connectivity index is 2.55. The highest BCUT2D eigenvalue weighted by molar-refractivity contribution is 5.86. The van der Waals surface area contributed by atoms with Crippen molar-refractivity contribution in [3.63, 3.8) is 0 Å². The van der Waals surface area contributed by atoms with Crippen molar-refractivity contribution in [3.8, 4) is 6.07 Å². The van der Waals surface area contributed by atoms with Crippen LogP contribution in [0.3, 0.4) is 0 Å². The number of rotatable bonds is 3. The smallest absolute Gasteiger partial charge is 0.121 e. The average Bonchev–Trinajstić information content (AvgIpc) is 2.35. The fourth-order valence-corrected chi connectivity index (χ4v) is 1.93. The molecule has 0 saturated heterocycles. The van der Waals surface area contributed by atoms with Crippen LogP contribution >= 0.6 is 0 Å². The maximum Gasteiger partial charge on any atom is 0.121 e. The van der Waals surface area contributed by atoms with E-state index < -0.39 is 0 Å². The normalized spacial score (nSPS) is 12.2. The fraction of sp³-hybridized carbons (Fsp3) is 0.214. The standard InChI is InChI=1S/C14H14N2/c1-2-16-14(10-15)13-9-5-7-11-6-3-4-8-12(11)13/h3-9,14,16H,2H2,1H3. The fourth-order valence-electron chi connectivity index (χ4n) is 1.93. The topological polar surface area (TPSA) is 35.8 Å². The molecular formula is C14H14N2. The van der Waals surface area contributed by atoms with Gasteiger partial charge in [0.05, 0.1) is 6.07 Å². The quantitative estimate of drug-likeness (QED) is 0.845. The molecule has 0 aliphatic heterocycles. The van der Waals surface area contributed by atoms with Gasteiger partial charge in [0.15, 0.2) is 0 Å². The lowest BCUT2D eigenvalue weighted by atomic mass is 9.99. The zero-order chi connectivity index (χ0) is 11.4. The van der Waals surface area contributed by atoms with Crippen LogP contribution in [0.25, 0.3) is 10.8 Å². The van der Waals surface area contributed by atoms with E-state index in [1.54, 1.807) is 0 Å². The van der Waals surface area contributed by atoms with E-state index in [9.17, 15) is 0 Å². The van der Waals surface area contributed by atoms with Gasteiger partial charge in [-0.05, 0) is 22.9 Å². The van der Waals surface area contributed by atoms with Gasteiger partial charge in [-0.15, -0.1) is 0 Å². The summed E-state index contributed by atoms with van der Waals surface area (Å²) in [5, 5.41) is 14.7. The van der Waals surface area contributed by atoms with Crippen molar-refractivity contribution in [2.24, 2.45) is 0 Å². The number of fused-ring (bicyclic) bond motifs is 1. The number of benzene rings is 2. The molecular weight excluding hydrogens is 196 g/mol. The van der Waals surface area contributed by atoms with Gasteiger partial charge in [0.2, 0.25) is 0 Å². The summed E-state index contributed by atoms with van der Waals surface area (Å²) in [7, 11) is 0. The van der Waals surface area contributed by atoms with Crippen molar-refractivity contribution in [3.05, 3.63) is 48.0 Å². The molecule has 1 atom stereocenters. The molecule has 2 nitrogen and oxygen atoms in total. The van der Waals surface area contributed by atoms with Crippen LogP contribution in [0.1, 0.15) is 18.5 Å². The summed E-state index contributed by atoms with van der Waals surface area (Å²) in [5.41, 5.74) is 1.06. The van der Waals surface area contributed by atoms with Crippen LogP contribution in [0.2, 0.25) is 0 Å². The summed E-state index contributed by atoms with van der Waals surface area (Å²) < 4.78 is 0. The second kappa shape index (κ2) is 4.78. The first kappa shape index (κ1) is 10.7. The highest BCUT2D eigenvalue weighted by atomic mass is 14.9. The van der Waals surface area contributed by atoms with E-state index in [1.807, 2.05) is 31.2 Å².